The van der Waals surface area contributed by atoms with Gasteiger partial charge in [-0.2, -0.15) is 0 Å². The summed E-state index contributed by atoms with van der Waals surface area (Å²) in [6, 6.07) is 5.52. The van der Waals surface area contributed by atoms with Gasteiger partial charge >= 0.3 is 5.97 Å². The molecule has 2 aromatic rings. The third-order valence-electron chi connectivity index (χ3n) is 4.85. The van der Waals surface area contributed by atoms with Crippen LogP contribution in [0.1, 0.15) is 35.0 Å². The van der Waals surface area contributed by atoms with E-state index in [2.05, 4.69) is 11.5 Å². The molecule has 1 spiro atoms. The van der Waals surface area contributed by atoms with E-state index in [1.165, 1.54) is 11.3 Å². The van der Waals surface area contributed by atoms with Crippen molar-refractivity contribution in [3.63, 3.8) is 0 Å². The average Bonchev–Trinajstić information content (AvgIpc) is 3.09. The van der Waals surface area contributed by atoms with Crippen LogP contribution in [0.15, 0.2) is 18.2 Å². The SMILES string of the molecule is CCn1c2c(c3cccc(C(=O)O)c31)CC1(CC2)OCCO1. The number of rotatable bonds is 2. The molecule has 1 aromatic heterocycles. The van der Waals surface area contributed by atoms with Crippen LogP contribution in [0.3, 0.4) is 0 Å². The van der Waals surface area contributed by atoms with Gasteiger partial charge in [0, 0.05) is 30.5 Å². The first-order valence-corrected chi connectivity index (χ1v) is 7.79. The van der Waals surface area contributed by atoms with Crippen molar-refractivity contribution in [3.8, 4) is 0 Å². The number of para-hydroxylation sites is 1. The largest absolute Gasteiger partial charge is 0.478 e. The number of hydrogen-bond acceptors (Lipinski definition) is 3. The van der Waals surface area contributed by atoms with E-state index in [9.17, 15) is 9.90 Å². The van der Waals surface area contributed by atoms with Gasteiger partial charge in [0.1, 0.15) is 0 Å². The Kier molecular flexibility index (Phi) is 3.03. The van der Waals surface area contributed by atoms with Crippen molar-refractivity contribution in [2.45, 2.75) is 38.5 Å². The van der Waals surface area contributed by atoms with Gasteiger partial charge in [-0.15, -0.1) is 0 Å². The predicted molar refractivity (Wildman–Crippen MR) is 81.2 cm³/mol. The Bertz CT molecular complexity index is 756. The molecule has 0 atom stereocenters. The number of nitrogens with zero attached hydrogens (tertiary/aromatic N) is 1. The van der Waals surface area contributed by atoms with Crippen molar-refractivity contribution in [3.05, 3.63) is 35.0 Å². The molecule has 0 bridgehead atoms. The standard InChI is InChI=1S/C17H19NO4/c1-2-18-14-6-7-17(21-8-9-22-17)10-13(14)11-4-3-5-12(15(11)18)16(19)20/h3-5H,2,6-10H2,1H3,(H,19,20). The second kappa shape index (κ2) is 4.83. The number of ether oxygens (including phenoxy) is 2. The lowest BCUT2D eigenvalue weighted by atomic mass is 9.90. The van der Waals surface area contributed by atoms with E-state index < -0.39 is 11.8 Å². The maximum absolute atomic E-state index is 11.6. The molecular weight excluding hydrogens is 282 g/mol. The predicted octanol–water partition coefficient (Wildman–Crippen LogP) is 2.59. The molecule has 4 rings (SSSR count). The van der Waals surface area contributed by atoms with E-state index in [0.29, 0.717) is 25.2 Å². The lowest BCUT2D eigenvalue weighted by Crippen LogP contribution is -2.37. The molecule has 1 N–H and O–H groups in total. The van der Waals surface area contributed by atoms with E-state index in [4.69, 9.17) is 9.47 Å². The van der Waals surface area contributed by atoms with Crippen molar-refractivity contribution in [1.82, 2.24) is 4.57 Å². The first-order chi connectivity index (χ1) is 10.7. The number of carboxylic acid groups (broad SMARTS) is 1. The molecule has 0 unspecified atom stereocenters. The highest BCUT2D eigenvalue weighted by Crippen LogP contribution is 2.40. The van der Waals surface area contributed by atoms with E-state index in [-0.39, 0.29) is 0 Å². The fourth-order valence-electron chi connectivity index (χ4n) is 3.95. The van der Waals surface area contributed by atoms with Gasteiger partial charge in [-0.25, -0.2) is 4.79 Å². The van der Waals surface area contributed by atoms with Gasteiger partial charge in [0.15, 0.2) is 5.79 Å². The highest BCUT2D eigenvalue weighted by molar-refractivity contribution is 6.04. The number of aromatic carboxylic acids is 1. The summed E-state index contributed by atoms with van der Waals surface area (Å²) in [7, 11) is 0. The summed E-state index contributed by atoms with van der Waals surface area (Å²) in [6.45, 7) is 4.11. The van der Waals surface area contributed by atoms with E-state index >= 15 is 0 Å². The van der Waals surface area contributed by atoms with Crippen LogP contribution in [0.5, 0.6) is 0 Å². The minimum atomic E-state index is -0.877. The summed E-state index contributed by atoms with van der Waals surface area (Å²) in [5, 5.41) is 10.5. The molecule has 5 heteroatoms. The molecule has 1 aromatic carbocycles. The van der Waals surface area contributed by atoms with Crippen molar-refractivity contribution < 1.29 is 19.4 Å². The van der Waals surface area contributed by atoms with Gasteiger partial charge in [-0.3, -0.25) is 0 Å². The number of carboxylic acids is 1. The number of hydrogen-bond donors (Lipinski definition) is 1. The Morgan fingerprint density at radius 3 is 2.82 bits per heavy atom. The molecule has 1 aliphatic carbocycles. The number of benzene rings is 1. The van der Waals surface area contributed by atoms with Crippen LogP contribution in [0.4, 0.5) is 0 Å². The number of fused-ring (bicyclic) bond motifs is 3. The van der Waals surface area contributed by atoms with Crippen LogP contribution in [0.25, 0.3) is 10.9 Å². The Balaban J connectivity index is 1.96. The van der Waals surface area contributed by atoms with Crippen LogP contribution in [0.2, 0.25) is 0 Å². The highest BCUT2D eigenvalue weighted by Gasteiger charge is 2.42. The van der Waals surface area contributed by atoms with Crippen molar-refractivity contribution in [1.29, 1.82) is 0 Å². The van der Waals surface area contributed by atoms with E-state index in [0.717, 1.165) is 30.3 Å². The summed E-state index contributed by atoms with van der Waals surface area (Å²) in [5.74, 6) is -1.38. The monoisotopic (exact) mass is 301 g/mol. The quantitative estimate of drug-likeness (QED) is 0.926. The molecule has 1 saturated heterocycles. The fraction of sp³-hybridized carbons (Fsp3) is 0.471. The molecule has 5 nitrogen and oxygen atoms in total. The Morgan fingerprint density at radius 1 is 1.36 bits per heavy atom. The summed E-state index contributed by atoms with van der Waals surface area (Å²) in [6.07, 6.45) is 2.39. The Hall–Kier alpha value is -1.85. The lowest BCUT2D eigenvalue weighted by Gasteiger charge is -2.32. The molecule has 0 amide bonds. The van der Waals surface area contributed by atoms with E-state index in [1.54, 1.807) is 6.07 Å². The molecule has 1 aliphatic heterocycles. The fourth-order valence-corrected chi connectivity index (χ4v) is 3.95. The van der Waals surface area contributed by atoms with Crippen LogP contribution >= 0.6 is 0 Å². The van der Waals surface area contributed by atoms with Gasteiger partial charge < -0.3 is 19.1 Å². The first kappa shape index (κ1) is 13.8. The lowest BCUT2D eigenvalue weighted by molar-refractivity contribution is -0.163. The molecule has 0 radical (unpaired) electrons. The topological polar surface area (TPSA) is 60.7 Å². The summed E-state index contributed by atoms with van der Waals surface area (Å²) < 4.78 is 13.9. The minimum Gasteiger partial charge on any atom is -0.478 e. The molecule has 2 aliphatic rings. The molecule has 1 fully saturated rings. The summed E-state index contributed by atoms with van der Waals surface area (Å²) >= 11 is 0. The van der Waals surface area contributed by atoms with E-state index in [1.807, 2.05) is 12.1 Å². The molecule has 2 heterocycles. The third kappa shape index (κ3) is 1.82. The Morgan fingerprint density at radius 2 is 2.14 bits per heavy atom. The third-order valence-corrected chi connectivity index (χ3v) is 4.85. The maximum Gasteiger partial charge on any atom is 0.337 e. The number of aryl methyl sites for hydroxylation is 1. The van der Waals surface area contributed by atoms with Gasteiger partial charge in [-0.1, -0.05) is 12.1 Å². The zero-order chi connectivity index (χ0) is 15.3. The smallest absolute Gasteiger partial charge is 0.337 e. The van der Waals surface area contributed by atoms with Crippen LogP contribution < -0.4 is 0 Å². The van der Waals surface area contributed by atoms with Crippen molar-refractivity contribution in [2.75, 3.05) is 13.2 Å². The summed E-state index contributed by atoms with van der Waals surface area (Å²) in [5.41, 5.74) is 3.62. The highest BCUT2D eigenvalue weighted by atomic mass is 16.7. The van der Waals surface area contributed by atoms with Crippen LogP contribution in [0, 0.1) is 0 Å². The van der Waals surface area contributed by atoms with Crippen LogP contribution in [-0.2, 0) is 28.9 Å². The Labute approximate surface area is 128 Å². The van der Waals surface area contributed by atoms with Crippen molar-refractivity contribution in [2.24, 2.45) is 0 Å². The number of carbonyl (C=O) groups is 1. The normalized spacial score (nSPS) is 19.7. The maximum atomic E-state index is 11.6. The van der Waals surface area contributed by atoms with Gasteiger partial charge in [0.25, 0.3) is 0 Å². The second-order valence-electron chi connectivity index (χ2n) is 5.96. The molecule has 22 heavy (non-hydrogen) atoms. The number of aromatic nitrogens is 1. The zero-order valence-electron chi connectivity index (χ0n) is 12.6. The molecular formula is C17H19NO4. The molecule has 116 valence electrons. The zero-order valence-corrected chi connectivity index (χ0v) is 12.6. The van der Waals surface area contributed by atoms with Gasteiger partial charge in [0.05, 0.1) is 24.3 Å². The van der Waals surface area contributed by atoms with Crippen molar-refractivity contribution >= 4 is 16.9 Å². The minimum absolute atomic E-state index is 0.371. The first-order valence-electron chi connectivity index (χ1n) is 7.79. The summed E-state index contributed by atoms with van der Waals surface area (Å²) in [4.78, 5) is 11.6. The van der Waals surface area contributed by atoms with Gasteiger partial charge in [0.2, 0.25) is 0 Å². The molecule has 0 saturated carbocycles. The van der Waals surface area contributed by atoms with Gasteiger partial charge in [-0.05, 0) is 25.0 Å². The van der Waals surface area contributed by atoms with Crippen LogP contribution in [-0.4, -0.2) is 34.6 Å². The average molecular weight is 301 g/mol. The second-order valence-corrected chi connectivity index (χ2v) is 5.96.